The normalized spacial score (nSPS) is 12.5. The average Bonchev–Trinajstić information content (AvgIpc) is 3.32. The zero-order valence-corrected chi connectivity index (χ0v) is 24.6. The van der Waals surface area contributed by atoms with Gasteiger partial charge in [-0.1, -0.05) is 15.9 Å². The van der Waals surface area contributed by atoms with Gasteiger partial charge in [0.1, 0.15) is 33.9 Å². The third kappa shape index (κ3) is 4.89. The van der Waals surface area contributed by atoms with Crippen LogP contribution in [-0.4, -0.2) is 44.5 Å². The summed E-state index contributed by atoms with van der Waals surface area (Å²) in [7, 11) is 0. The van der Waals surface area contributed by atoms with Crippen LogP contribution in [0.3, 0.4) is 0 Å². The zero-order chi connectivity index (χ0) is 29.1. The summed E-state index contributed by atoms with van der Waals surface area (Å²) in [6.45, 7) is 10.6. The molecule has 5 aromatic rings. The van der Waals surface area contributed by atoms with Crippen LogP contribution in [0.15, 0.2) is 42.5 Å². The lowest BCUT2D eigenvalue weighted by Gasteiger charge is -2.22. The largest absolute Gasteiger partial charge is 0.488 e. The first-order valence-electron chi connectivity index (χ1n) is 12.8. The Kier molecular flexibility index (Phi) is 6.81. The van der Waals surface area contributed by atoms with Crippen LogP contribution in [0.4, 0.5) is 18.4 Å². The van der Waals surface area contributed by atoms with E-state index in [2.05, 4.69) is 15.9 Å². The number of fused-ring (bicyclic) bond motifs is 6. The summed E-state index contributed by atoms with van der Waals surface area (Å²) in [5, 5.41) is 2.25. The Morgan fingerprint density at radius 3 is 1.52 bits per heavy atom. The van der Waals surface area contributed by atoms with Crippen molar-refractivity contribution in [2.45, 2.75) is 52.7 Å². The van der Waals surface area contributed by atoms with Crippen LogP contribution in [0.5, 0.6) is 5.75 Å². The second-order valence-electron chi connectivity index (χ2n) is 11.5. The lowest BCUT2D eigenvalue weighted by molar-refractivity contribution is 0.0541. The van der Waals surface area contributed by atoms with Gasteiger partial charge in [0.15, 0.2) is 5.75 Å². The van der Waals surface area contributed by atoms with Gasteiger partial charge in [0, 0.05) is 26.9 Å². The lowest BCUT2D eigenvalue weighted by atomic mass is 10.1. The van der Waals surface area contributed by atoms with E-state index in [1.165, 1.54) is 45.5 Å². The predicted octanol–water partition coefficient (Wildman–Crippen LogP) is 8.52. The maximum atomic E-state index is 14.6. The van der Waals surface area contributed by atoms with E-state index >= 15 is 0 Å². The number of hydrogen-bond acceptors (Lipinski definition) is 5. The highest BCUT2D eigenvalue weighted by molar-refractivity contribution is 9.09. The highest BCUT2D eigenvalue weighted by Crippen LogP contribution is 2.45. The van der Waals surface area contributed by atoms with E-state index < -0.39 is 35.0 Å². The first kappa shape index (κ1) is 27.9. The van der Waals surface area contributed by atoms with Gasteiger partial charge in [0.2, 0.25) is 0 Å². The van der Waals surface area contributed by atoms with Gasteiger partial charge in [-0.2, -0.15) is 0 Å². The van der Waals surface area contributed by atoms with Crippen molar-refractivity contribution >= 4 is 71.7 Å². The molecule has 0 saturated heterocycles. The highest BCUT2D eigenvalue weighted by atomic mass is 79.9. The Labute approximate surface area is 237 Å². The highest BCUT2D eigenvalue weighted by Gasteiger charge is 2.31. The molecule has 2 aromatic heterocycles. The predicted molar refractivity (Wildman–Crippen MR) is 155 cm³/mol. The van der Waals surface area contributed by atoms with E-state index in [-0.39, 0.29) is 23.4 Å². The van der Waals surface area contributed by atoms with Crippen LogP contribution in [0.25, 0.3) is 43.6 Å². The molecule has 0 aliphatic heterocycles. The number of carbonyl (C=O) groups excluding carboxylic acids is 2. The lowest BCUT2D eigenvalue weighted by Crippen LogP contribution is -2.27. The second-order valence-corrected chi connectivity index (χ2v) is 12.3. The molecular weight excluding hydrogens is 586 g/mol. The molecule has 0 spiro atoms. The summed E-state index contributed by atoms with van der Waals surface area (Å²) in [5.41, 5.74) is -0.302. The Morgan fingerprint density at radius 2 is 1.15 bits per heavy atom. The van der Waals surface area contributed by atoms with Crippen molar-refractivity contribution in [1.82, 2.24) is 9.13 Å². The molecule has 0 bridgehead atoms. The molecule has 0 unspecified atom stereocenters. The standard InChI is InChI=1S/C30H29BrF2N2O5/c1-29(2,3)39-27(36)34-22-9-7-16(32)13-18(22)20-15-21-19-14-17(33)8-10-23(19)35(28(37)40-30(4,5)6)25(21)26(24(20)34)38-12-11-31/h7-10,13-15H,11-12H2,1-6H3. The van der Waals surface area contributed by atoms with E-state index in [0.29, 0.717) is 37.9 Å². The SMILES string of the molecule is CC(C)(C)OC(=O)n1c2ccc(F)cc2c2cc3c4cc(F)ccc4n(C(=O)OC(C)(C)C)c3c(OCCBr)c21. The van der Waals surface area contributed by atoms with Crippen LogP contribution in [0.1, 0.15) is 41.5 Å². The van der Waals surface area contributed by atoms with Gasteiger partial charge in [0.05, 0.1) is 17.6 Å². The fraction of sp³-hybridized carbons (Fsp3) is 0.333. The second kappa shape index (κ2) is 9.76. The van der Waals surface area contributed by atoms with Crippen molar-refractivity contribution in [2.24, 2.45) is 0 Å². The van der Waals surface area contributed by atoms with Crippen molar-refractivity contribution in [3.63, 3.8) is 0 Å². The van der Waals surface area contributed by atoms with Crippen LogP contribution < -0.4 is 4.74 Å². The number of benzene rings is 3. The number of hydrogen-bond donors (Lipinski definition) is 0. The number of rotatable bonds is 3. The maximum absolute atomic E-state index is 14.6. The molecule has 0 aliphatic carbocycles. The molecule has 0 atom stereocenters. The monoisotopic (exact) mass is 614 g/mol. The van der Waals surface area contributed by atoms with E-state index in [9.17, 15) is 18.4 Å². The third-order valence-corrected chi connectivity index (χ3v) is 6.46. The molecule has 3 aromatic carbocycles. The molecule has 210 valence electrons. The zero-order valence-electron chi connectivity index (χ0n) is 23.0. The molecule has 0 saturated carbocycles. The average molecular weight is 615 g/mol. The molecule has 40 heavy (non-hydrogen) atoms. The smallest absolute Gasteiger partial charge is 0.419 e. The van der Waals surface area contributed by atoms with Gasteiger partial charge in [-0.3, -0.25) is 0 Å². The first-order valence-corrected chi connectivity index (χ1v) is 13.9. The topological polar surface area (TPSA) is 71.7 Å². The minimum atomic E-state index is -0.829. The summed E-state index contributed by atoms with van der Waals surface area (Å²) in [4.78, 5) is 27.3. The number of ether oxygens (including phenoxy) is 3. The molecule has 5 rings (SSSR count). The molecule has 0 fully saturated rings. The van der Waals surface area contributed by atoms with Gasteiger partial charge in [-0.15, -0.1) is 0 Å². The number of alkyl halides is 1. The Hall–Kier alpha value is -3.66. The van der Waals surface area contributed by atoms with Crippen molar-refractivity contribution in [3.8, 4) is 5.75 Å². The van der Waals surface area contributed by atoms with Gasteiger partial charge in [-0.05, 0) is 84.0 Å². The van der Waals surface area contributed by atoms with E-state index in [0.717, 1.165) is 0 Å². The van der Waals surface area contributed by atoms with Gasteiger partial charge >= 0.3 is 12.2 Å². The number of nitrogens with zero attached hydrogens (tertiary/aromatic N) is 2. The summed E-state index contributed by atoms with van der Waals surface area (Å²) in [6, 6.07) is 9.87. The fourth-order valence-corrected chi connectivity index (χ4v) is 5.00. The molecule has 0 radical (unpaired) electrons. The molecule has 10 heteroatoms. The quantitative estimate of drug-likeness (QED) is 0.190. The number of aromatic nitrogens is 2. The first-order chi connectivity index (χ1) is 18.7. The summed E-state index contributed by atoms with van der Waals surface area (Å²) >= 11 is 3.38. The number of carbonyl (C=O) groups is 2. The maximum Gasteiger partial charge on any atom is 0.419 e. The molecular formula is C30H29BrF2N2O5. The van der Waals surface area contributed by atoms with Gasteiger partial charge < -0.3 is 14.2 Å². The van der Waals surface area contributed by atoms with Gasteiger partial charge in [-0.25, -0.2) is 27.5 Å². The fourth-order valence-electron chi connectivity index (χ4n) is 4.84. The molecule has 7 nitrogen and oxygen atoms in total. The van der Waals surface area contributed by atoms with Crippen molar-refractivity contribution in [3.05, 3.63) is 54.1 Å². The summed E-state index contributed by atoms with van der Waals surface area (Å²) in [5.74, 6) is -0.820. The van der Waals surface area contributed by atoms with Crippen LogP contribution >= 0.6 is 15.9 Å². The van der Waals surface area contributed by atoms with Crippen molar-refractivity contribution < 1.29 is 32.6 Å². The molecule has 0 amide bonds. The van der Waals surface area contributed by atoms with Gasteiger partial charge in [0.25, 0.3) is 0 Å². The third-order valence-electron chi connectivity index (χ3n) is 6.13. The van der Waals surface area contributed by atoms with Crippen molar-refractivity contribution in [2.75, 3.05) is 11.9 Å². The number of halogens is 3. The molecule has 2 heterocycles. The summed E-state index contributed by atoms with van der Waals surface area (Å²) < 4.78 is 49.5. The molecule has 0 aliphatic rings. The summed E-state index contributed by atoms with van der Waals surface area (Å²) in [6.07, 6.45) is -1.40. The van der Waals surface area contributed by atoms with Crippen LogP contribution in [0.2, 0.25) is 0 Å². The Morgan fingerprint density at radius 1 is 0.725 bits per heavy atom. The van der Waals surface area contributed by atoms with Crippen LogP contribution in [-0.2, 0) is 9.47 Å². The Bertz CT molecular complexity index is 1700. The Balaban J connectivity index is 2.02. The minimum Gasteiger partial charge on any atom is -0.488 e. The van der Waals surface area contributed by atoms with E-state index in [1.807, 2.05) is 0 Å². The van der Waals surface area contributed by atoms with E-state index in [1.54, 1.807) is 47.6 Å². The minimum absolute atomic E-state index is 0.169. The van der Waals surface area contributed by atoms with Crippen LogP contribution in [0, 0.1) is 11.6 Å². The van der Waals surface area contributed by atoms with Crippen molar-refractivity contribution in [1.29, 1.82) is 0 Å². The van der Waals surface area contributed by atoms with E-state index in [4.69, 9.17) is 14.2 Å². The molecule has 0 N–H and O–H groups in total.